The number of aliphatic hydroxyl groups excluding tert-OH is 1. The Morgan fingerprint density at radius 2 is 2.28 bits per heavy atom. The van der Waals surface area contributed by atoms with E-state index in [1.165, 1.54) is 6.42 Å². The van der Waals surface area contributed by atoms with Crippen molar-refractivity contribution in [1.29, 1.82) is 0 Å². The van der Waals surface area contributed by atoms with Crippen LogP contribution in [0.15, 0.2) is 24.4 Å². The molecule has 100 valence electrons. The Kier molecular flexibility index (Phi) is 4.36. The van der Waals surface area contributed by atoms with Gasteiger partial charge in [0.2, 0.25) is 0 Å². The Morgan fingerprint density at radius 3 is 2.94 bits per heavy atom. The molecule has 1 N–H and O–H groups in total. The number of aromatic nitrogens is 1. The lowest BCUT2D eigenvalue weighted by molar-refractivity contribution is 0.0393. The highest BCUT2D eigenvalue weighted by Gasteiger charge is 2.34. The molecule has 0 bridgehead atoms. The Hall–Kier alpha value is -0.930. The summed E-state index contributed by atoms with van der Waals surface area (Å²) in [6, 6.07) is 6.08. The van der Waals surface area contributed by atoms with Crippen LogP contribution in [0, 0.1) is 11.3 Å². The van der Waals surface area contributed by atoms with Crippen LogP contribution in [0.5, 0.6) is 0 Å². The molecule has 1 unspecified atom stereocenters. The van der Waals surface area contributed by atoms with Crippen LogP contribution >= 0.6 is 0 Å². The fourth-order valence-electron chi connectivity index (χ4n) is 2.80. The van der Waals surface area contributed by atoms with E-state index in [0.717, 1.165) is 31.7 Å². The topological polar surface area (TPSA) is 36.4 Å². The average Bonchev–Trinajstić information content (AvgIpc) is 2.35. The van der Waals surface area contributed by atoms with Gasteiger partial charge in [-0.05, 0) is 42.9 Å². The van der Waals surface area contributed by atoms with Crippen LogP contribution in [0.25, 0.3) is 0 Å². The van der Waals surface area contributed by atoms with Crippen molar-refractivity contribution in [3.05, 3.63) is 30.1 Å². The summed E-state index contributed by atoms with van der Waals surface area (Å²) in [5, 5.41) is 9.20. The fraction of sp³-hybridized carbons (Fsp3) is 0.667. The van der Waals surface area contributed by atoms with Gasteiger partial charge in [-0.25, -0.2) is 0 Å². The maximum atomic E-state index is 9.20. The van der Waals surface area contributed by atoms with Crippen LogP contribution < -0.4 is 0 Å². The maximum absolute atomic E-state index is 9.20. The van der Waals surface area contributed by atoms with Crippen molar-refractivity contribution >= 4 is 0 Å². The van der Waals surface area contributed by atoms with Gasteiger partial charge in [-0.2, -0.15) is 0 Å². The molecule has 1 aromatic rings. The minimum atomic E-state index is 0.297. The molecule has 0 amide bonds. The third kappa shape index (κ3) is 3.30. The standard InChI is InChI=1S/C15H24N2O/c1-15(2)7-9-17(11-13(15)6-10-18)12-14-5-3-4-8-16-14/h3-5,8,13,18H,6-7,9-12H2,1-2H3. The number of pyridine rings is 1. The molecule has 3 nitrogen and oxygen atoms in total. The van der Waals surface area contributed by atoms with Crippen LogP contribution in [0.4, 0.5) is 0 Å². The monoisotopic (exact) mass is 248 g/mol. The van der Waals surface area contributed by atoms with Gasteiger partial charge in [0.25, 0.3) is 0 Å². The number of likely N-dealkylation sites (tertiary alicyclic amines) is 1. The first kappa shape index (κ1) is 13.5. The van der Waals surface area contributed by atoms with Crippen molar-refractivity contribution < 1.29 is 5.11 Å². The van der Waals surface area contributed by atoms with E-state index in [1.54, 1.807) is 0 Å². The molecule has 0 radical (unpaired) electrons. The molecule has 18 heavy (non-hydrogen) atoms. The summed E-state index contributed by atoms with van der Waals surface area (Å²) in [5.41, 5.74) is 1.49. The van der Waals surface area contributed by atoms with Gasteiger partial charge < -0.3 is 5.11 Å². The smallest absolute Gasteiger partial charge is 0.0543 e. The summed E-state index contributed by atoms with van der Waals surface area (Å²) >= 11 is 0. The molecule has 0 saturated carbocycles. The predicted octanol–water partition coefficient (Wildman–Crippen LogP) is 2.31. The molecule has 3 heteroatoms. The first-order valence-corrected chi connectivity index (χ1v) is 6.85. The van der Waals surface area contributed by atoms with Crippen LogP contribution in [0.3, 0.4) is 0 Å². The quantitative estimate of drug-likeness (QED) is 0.888. The van der Waals surface area contributed by atoms with Crippen LogP contribution in [0.2, 0.25) is 0 Å². The van der Waals surface area contributed by atoms with Gasteiger partial charge in [0.1, 0.15) is 0 Å². The lowest BCUT2D eigenvalue weighted by atomic mass is 9.72. The van der Waals surface area contributed by atoms with E-state index in [2.05, 4.69) is 29.8 Å². The molecular formula is C15H24N2O. The Morgan fingerprint density at radius 1 is 1.44 bits per heavy atom. The predicted molar refractivity (Wildman–Crippen MR) is 73.1 cm³/mol. The SMILES string of the molecule is CC1(C)CCN(Cc2ccccn2)CC1CCO. The molecule has 1 aliphatic heterocycles. The van der Waals surface area contributed by atoms with E-state index in [-0.39, 0.29) is 0 Å². The molecule has 1 aliphatic rings. The minimum Gasteiger partial charge on any atom is -0.396 e. The number of nitrogens with zero attached hydrogens (tertiary/aromatic N) is 2. The number of aliphatic hydroxyl groups is 1. The summed E-state index contributed by atoms with van der Waals surface area (Å²) in [6.45, 7) is 8.08. The summed E-state index contributed by atoms with van der Waals surface area (Å²) in [6.07, 6.45) is 3.96. The number of hydrogen-bond donors (Lipinski definition) is 1. The Balaban J connectivity index is 1.96. The first-order valence-electron chi connectivity index (χ1n) is 6.85. The maximum Gasteiger partial charge on any atom is 0.0543 e. The molecule has 1 atom stereocenters. The van der Waals surface area contributed by atoms with Crippen molar-refractivity contribution in [3.8, 4) is 0 Å². The molecule has 1 aromatic heterocycles. The van der Waals surface area contributed by atoms with E-state index in [0.29, 0.717) is 17.9 Å². The summed E-state index contributed by atoms with van der Waals surface area (Å²) in [4.78, 5) is 6.86. The van der Waals surface area contributed by atoms with Crippen molar-refractivity contribution in [1.82, 2.24) is 9.88 Å². The zero-order valence-electron chi connectivity index (χ0n) is 11.5. The zero-order chi connectivity index (χ0) is 13.0. The van der Waals surface area contributed by atoms with E-state index < -0.39 is 0 Å². The molecule has 0 aromatic carbocycles. The van der Waals surface area contributed by atoms with Crippen LogP contribution in [-0.2, 0) is 6.54 Å². The molecule has 0 aliphatic carbocycles. The Bertz CT molecular complexity index is 364. The van der Waals surface area contributed by atoms with Crippen molar-refractivity contribution in [3.63, 3.8) is 0 Å². The van der Waals surface area contributed by atoms with Gasteiger partial charge in [-0.3, -0.25) is 9.88 Å². The molecule has 2 rings (SSSR count). The first-order chi connectivity index (χ1) is 8.62. The van der Waals surface area contributed by atoms with Gasteiger partial charge >= 0.3 is 0 Å². The van der Waals surface area contributed by atoms with Crippen molar-refractivity contribution in [2.45, 2.75) is 33.2 Å². The number of hydrogen-bond acceptors (Lipinski definition) is 3. The third-order valence-corrected chi connectivity index (χ3v) is 4.25. The normalized spacial score (nSPS) is 24.1. The van der Waals surface area contributed by atoms with E-state index >= 15 is 0 Å². The summed E-state index contributed by atoms with van der Waals surface area (Å²) in [5.74, 6) is 0.583. The second kappa shape index (κ2) is 5.81. The lowest BCUT2D eigenvalue weighted by Gasteiger charge is -2.44. The fourth-order valence-corrected chi connectivity index (χ4v) is 2.80. The van der Waals surface area contributed by atoms with Gasteiger partial charge in [-0.1, -0.05) is 19.9 Å². The van der Waals surface area contributed by atoms with Gasteiger partial charge in [0, 0.05) is 25.9 Å². The third-order valence-electron chi connectivity index (χ3n) is 4.25. The molecule has 0 spiro atoms. The molecule has 1 fully saturated rings. The van der Waals surface area contributed by atoms with E-state index in [1.807, 2.05) is 18.3 Å². The van der Waals surface area contributed by atoms with Crippen molar-refractivity contribution in [2.75, 3.05) is 19.7 Å². The van der Waals surface area contributed by atoms with Gasteiger partial charge in [0.15, 0.2) is 0 Å². The van der Waals surface area contributed by atoms with Gasteiger partial charge in [-0.15, -0.1) is 0 Å². The van der Waals surface area contributed by atoms with Crippen LogP contribution in [0.1, 0.15) is 32.4 Å². The second-order valence-corrected chi connectivity index (χ2v) is 6.00. The van der Waals surface area contributed by atoms with E-state index in [9.17, 15) is 5.11 Å². The minimum absolute atomic E-state index is 0.297. The zero-order valence-corrected chi connectivity index (χ0v) is 11.5. The average molecular weight is 248 g/mol. The highest BCUT2D eigenvalue weighted by molar-refractivity contribution is 5.03. The largest absolute Gasteiger partial charge is 0.396 e. The summed E-state index contributed by atoms with van der Waals surface area (Å²) < 4.78 is 0. The summed E-state index contributed by atoms with van der Waals surface area (Å²) in [7, 11) is 0. The lowest BCUT2D eigenvalue weighted by Crippen LogP contribution is -2.44. The highest BCUT2D eigenvalue weighted by atomic mass is 16.3. The highest BCUT2D eigenvalue weighted by Crippen LogP contribution is 2.37. The van der Waals surface area contributed by atoms with Crippen molar-refractivity contribution in [2.24, 2.45) is 11.3 Å². The second-order valence-electron chi connectivity index (χ2n) is 6.00. The Labute approximate surface area is 110 Å². The molecule has 1 saturated heterocycles. The number of piperidine rings is 1. The number of rotatable bonds is 4. The molecule has 2 heterocycles. The molecular weight excluding hydrogens is 224 g/mol. The van der Waals surface area contributed by atoms with E-state index in [4.69, 9.17) is 0 Å². The van der Waals surface area contributed by atoms with Gasteiger partial charge in [0.05, 0.1) is 5.69 Å². The van der Waals surface area contributed by atoms with Crippen LogP contribution in [-0.4, -0.2) is 34.7 Å².